The van der Waals surface area contributed by atoms with Crippen LogP contribution in [0.4, 0.5) is 4.79 Å². The molecule has 0 fully saturated rings. The van der Waals surface area contributed by atoms with Gasteiger partial charge in [-0.1, -0.05) is 30.3 Å². The molecule has 1 aromatic carbocycles. The number of ether oxygens (including phenoxy) is 1. The van der Waals surface area contributed by atoms with Gasteiger partial charge in [-0.15, -0.1) is 0 Å². The van der Waals surface area contributed by atoms with E-state index in [9.17, 15) is 14.4 Å². The summed E-state index contributed by atoms with van der Waals surface area (Å²) in [5, 5.41) is 13.7. The minimum absolute atomic E-state index is 0.362. The third-order valence-corrected chi connectivity index (χ3v) is 2.74. The average molecular weight is 294 g/mol. The van der Waals surface area contributed by atoms with Gasteiger partial charge in [0, 0.05) is 6.54 Å². The van der Waals surface area contributed by atoms with Crippen LogP contribution in [0, 0.1) is 0 Å². The maximum atomic E-state index is 11.6. The van der Waals surface area contributed by atoms with E-state index in [2.05, 4.69) is 15.4 Å². The number of carbonyl (C=O) groups is 3. The SMILES string of the molecule is COC(=O)C[C@H](NC(=O)NCCc1ccccc1)C(=O)O. The first-order valence-electron chi connectivity index (χ1n) is 6.41. The Kier molecular flexibility index (Phi) is 6.73. The Labute approximate surface area is 122 Å². The van der Waals surface area contributed by atoms with Crippen molar-refractivity contribution in [3.63, 3.8) is 0 Å². The fourth-order valence-corrected chi connectivity index (χ4v) is 1.62. The number of esters is 1. The number of methoxy groups -OCH3 is 1. The number of urea groups is 1. The highest BCUT2D eigenvalue weighted by Gasteiger charge is 2.23. The van der Waals surface area contributed by atoms with Gasteiger partial charge in [-0.3, -0.25) is 4.79 Å². The topological polar surface area (TPSA) is 105 Å². The third kappa shape index (κ3) is 6.42. The Balaban J connectivity index is 2.36. The molecule has 0 radical (unpaired) electrons. The van der Waals surface area contributed by atoms with E-state index in [1.54, 1.807) is 0 Å². The lowest BCUT2D eigenvalue weighted by Gasteiger charge is -2.14. The molecule has 0 spiro atoms. The molecule has 0 heterocycles. The summed E-state index contributed by atoms with van der Waals surface area (Å²) in [6, 6.07) is 7.59. The van der Waals surface area contributed by atoms with Gasteiger partial charge in [0.2, 0.25) is 0 Å². The van der Waals surface area contributed by atoms with Crippen LogP contribution in [0.5, 0.6) is 0 Å². The molecule has 0 bridgehead atoms. The van der Waals surface area contributed by atoms with Gasteiger partial charge in [0.15, 0.2) is 0 Å². The Hall–Kier alpha value is -2.57. The Morgan fingerprint density at radius 1 is 1.24 bits per heavy atom. The van der Waals surface area contributed by atoms with Gasteiger partial charge in [-0.25, -0.2) is 9.59 Å². The van der Waals surface area contributed by atoms with Crippen molar-refractivity contribution >= 4 is 18.0 Å². The number of carboxylic acid groups (broad SMARTS) is 1. The summed E-state index contributed by atoms with van der Waals surface area (Å²) in [7, 11) is 1.15. The lowest BCUT2D eigenvalue weighted by molar-refractivity contribution is -0.147. The summed E-state index contributed by atoms with van der Waals surface area (Å²) in [6.45, 7) is 0.362. The van der Waals surface area contributed by atoms with Gasteiger partial charge in [-0.2, -0.15) is 0 Å². The van der Waals surface area contributed by atoms with Gasteiger partial charge in [0.25, 0.3) is 0 Å². The predicted octanol–water partition coefficient (Wildman–Crippen LogP) is 0.545. The summed E-state index contributed by atoms with van der Waals surface area (Å²) < 4.78 is 4.38. The van der Waals surface area contributed by atoms with E-state index in [0.717, 1.165) is 12.7 Å². The summed E-state index contributed by atoms with van der Waals surface area (Å²) in [4.78, 5) is 33.6. The van der Waals surface area contributed by atoms with E-state index < -0.39 is 30.4 Å². The van der Waals surface area contributed by atoms with Crippen LogP contribution in [0.2, 0.25) is 0 Å². The van der Waals surface area contributed by atoms with Crippen LogP contribution < -0.4 is 10.6 Å². The lowest BCUT2D eigenvalue weighted by Crippen LogP contribution is -2.47. The number of hydrogen-bond donors (Lipinski definition) is 3. The first-order chi connectivity index (χ1) is 10.0. The second-order valence-corrected chi connectivity index (χ2v) is 4.31. The zero-order valence-electron chi connectivity index (χ0n) is 11.7. The van der Waals surface area contributed by atoms with Crippen LogP contribution in [-0.2, 0) is 20.7 Å². The largest absolute Gasteiger partial charge is 0.480 e. The quantitative estimate of drug-likeness (QED) is 0.637. The van der Waals surface area contributed by atoms with Crippen molar-refractivity contribution in [3.8, 4) is 0 Å². The lowest BCUT2D eigenvalue weighted by atomic mass is 10.1. The molecular weight excluding hydrogens is 276 g/mol. The van der Waals surface area contributed by atoms with Crippen molar-refractivity contribution < 1.29 is 24.2 Å². The second-order valence-electron chi connectivity index (χ2n) is 4.31. The molecule has 0 aliphatic rings. The highest BCUT2D eigenvalue weighted by atomic mass is 16.5. The van der Waals surface area contributed by atoms with Crippen molar-refractivity contribution in [3.05, 3.63) is 35.9 Å². The number of amides is 2. The molecule has 0 saturated carbocycles. The van der Waals surface area contributed by atoms with Crippen LogP contribution in [-0.4, -0.2) is 42.8 Å². The fourth-order valence-electron chi connectivity index (χ4n) is 1.62. The van der Waals surface area contributed by atoms with Crippen LogP contribution >= 0.6 is 0 Å². The number of nitrogens with one attached hydrogen (secondary N) is 2. The Morgan fingerprint density at radius 2 is 1.90 bits per heavy atom. The maximum Gasteiger partial charge on any atom is 0.326 e. The minimum atomic E-state index is -1.31. The van der Waals surface area contributed by atoms with Crippen molar-refractivity contribution in [2.75, 3.05) is 13.7 Å². The number of carboxylic acids is 1. The average Bonchev–Trinajstić information content (AvgIpc) is 2.47. The summed E-state index contributed by atoms with van der Waals surface area (Å²) in [5.74, 6) is -1.99. The van der Waals surface area contributed by atoms with E-state index in [1.807, 2.05) is 30.3 Å². The molecule has 7 heteroatoms. The number of rotatable bonds is 7. The fraction of sp³-hybridized carbons (Fsp3) is 0.357. The first-order valence-corrected chi connectivity index (χ1v) is 6.41. The van der Waals surface area contributed by atoms with Crippen LogP contribution in [0.15, 0.2) is 30.3 Å². The van der Waals surface area contributed by atoms with Gasteiger partial charge >= 0.3 is 18.0 Å². The zero-order valence-corrected chi connectivity index (χ0v) is 11.7. The van der Waals surface area contributed by atoms with Gasteiger partial charge in [0.1, 0.15) is 6.04 Å². The molecule has 114 valence electrons. The van der Waals surface area contributed by atoms with Crippen molar-refractivity contribution in [1.82, 2.24) is 10.6 Å². The summed E-state index contributed by atoms with van der Waals surface area (Å²) in [6.07, 6.45) is 0.209. The Bertz CT molecular complexity index is 489. The number of benzene rings is 1. The highest BCUT2D eigenvalue weighted by Crippen LogP contribution is 1.98. The first kappa shape index (κ1) is 16.5. The molecule has 0 aliphatic carbocycles. The molecular formula is C14H18N2O5. The molecule has 1 atom stereocenters. The van der Waals surface area contributed by atoms with Crippen LogP contribution in [0.25, 0.3) is 0 Å². The molecule has 7 nitrogen and oxygen atoms in total. The second kappa shape index (κ2) is 8.57. The summed E-state index contributed by atoms with van der Waals surface area (Å²) in [5.41, 5.74) is 1.06. The Morgan fingerprint density at radius 3 is 2.48 bits per heavy atom. The number of hydrogen-bond acceptors (Lipinski definition) is 4. The standard InChI is InChI=1S/C14H18N2O5/c1-21-12(17)9-11(13(18)19)16-14(20)15-8-7-10-5-3-2-4-6-10/h2-6,11H,7-9H2,1H3,(H,18,19)(H2,15,16,20)/t11-/m0/s1. The molecule has 3 N–H and O–H groups in total. The third-order valence-electron chi connectivity index (χ3n) is 2.74. The normalized spacial score (nSPS) is 11.3. The highest BCUT2D eigenvalue weighted by molar-refractivity contribution is 5.86. The molecule has 0 aromatic heterocycles. The summed E-state index contributed by atoms with van der Waals surface area (Å²) >= 11 is 0. The van der Waals surface area contributed by atoms with E-state index in [1.165, 1.54) is 0 Å². The van der Waals surface area contributed by atoms with E-state index >= 15 is 0 Å². The van der Waals surface area contributed by atoms with Gasteiger partial charge in [-0.05, 0) is 12.0 Å². The van der Waals surface area contributed by atoms with Crippen molar-refractivity contribution in [1.29, 1.82) is 0 Å². The van der Waals surface area contributed by atoms with Crippen LogP contribution in [0.3, 0.4) is 0 Å². The van der Waals surface area contributed by atoms with Gasteiger partial charge in [0.05, 0.1) is 13.5 Å². The number of carbonyl (C=O) groups excluding carboxylic acids is 2. The molecule has 0 aliphatic heterocycles. The molecule has 1 aromatic rings. The van der Waals surface area contributed by atoms with Crippen molar-refractivity contribution in [2.24, 2.45) is 0 Å². The molecule has 2 amide bonds. The molecule has 0 saturated heterocycles. The zero-order chi connectivity index (χ0) is 15.7. The molecule has 1 rings (SSSR count). The van der Waals surface area contributed by atoms with Crippen LogP contribution in [0.1, 0.15) is 12.0 Å². The molecule has 21 heavy (non-hydrogen) atoms. The van der Waals surface area contributed by atoms with E-state index in [-0.39, 0.29) is 0 Å². The monoisotopic (exact) mass is 294 g/mol. The smallest absolute Gasteiger partial charge is 0.326 e. The predicted molar refractivity (Wildman–Crippen MR) is 74.7 cm³/mol. The minimum Gasteiger partial charge on any atom is -0.480 e. The van der Waals surface area contributed by atoms with Crippen molar-refractivity contribution in [2.45, 2.75) is 18.9 Å². The molecule has 0 unspecified atom stereocenters. The maximum absolute atomic E-state index is 11.6. The number of aliphatic carboxylic acids is 1. The van der Waals surface area contributed by atoms with Gasteiger partial charge < -0.3 is 20.5 Å². The van der Waals surface area contributed by atoms with E-state index in [4.69, 9.17) is 5.11 Å². The van der Waals surface area contributed by atoms with E-state index in [0.29, 0.717) is 13.0 Å².